The molecule has 0 N–H and O–H groups in total. The normalized spacial score (nSPS) is 14.0. The van der Waals surface area contributed by atoms with Crippen molar-refractivity contribution in [3.63, 3.8) is 0 Å². The summed E-state index contributed by atoms with van der Waals surface area (Å²) < 4.78 is 13.1. The van der Waals surface area contributed by atoms with E-state index in [1.807, 2.05) is 0 Å². The number of rotatable bonds is 7. The fraction of sp³-hybridized carbons (Fsp3) is 0.212. The average molecular weight is 1350 g/mol. The fourth-order valence-corrected chi connectivity index (χ4v) is 17.6. The molecule has 0 radical (unpaired) electrons. The lowest BCUT2D eigenvalue weighted by molar-refractivity contribution is 0.486. The smallest absolute Gasteiger partial charge is 0.256 e. The molecule has 2 aliphatic heterocycles. The van der Waals surface area contributed by atoms with Crippen LogP contribution in [0.3, 0.4) is 0 Å². The van der Waals surface area contributed by atoms with Crippen molar-refractivity contribution in [1.29, 1.82) is 0 Å². The standard InChI is InChI=1S/C99H90BN3O/c1-94(2,3)64-39-47-84-76(51-64)77-52-65(95(4,5)6)40-48-85(77)101(84)70-43-45-82-88(59-70)103(93-74(61-29-19-16-20-30-61)55-68(98(13,14)15)56-75(93)62-31-21-17-22-32-62)89-57-69(99(63-33-23-18-24-34-63)80-37-27-25-35-72(80)73-36-26-28-38-81(73)99)58-91-92(89)100(82)83-46-44-71(60-90(83)104-91)102-86-49-41-66(96(7,8)9)53-78(86)79-54-67(97(10,11)12)42-50-87(79)102/h16-60H,1-15H3. The summed E-state index contributed by atoms with van der Waals surface area (Å²) >= 11 is 0. The number of hydrogen-bond donors (Lipinski definition) is 0. The molecule has 13 aromatic carbocycles. The number of fused-ring (bicyclic) bond motifs is 13. The Hall–Kier alpha value is -10.9. The van der Waals surface area contributed by atoms with Crippen molar-refractivity contribution in [2.45, 2.75) is 136 Å². The van der Waals surface area contributed by atoms with Gasteiger partial charge in [-0.05, 0) is 207 Å². The average Bonchev–Trinajstić information content (AvgIpc) is 1.31. The van der Waals surface area contributed by atoms with Crippen LogP contribution < -0.4 is 26.0 Å². The molecular weight excluding hydrogens is 1260 g/mol. The Morgan fingerprint density at radius 2 is 0.692 bits per heavy atom. The highest BCUT2D eigenvalue weighted by molar-refractivity contribution is 6.99. The Kier molecular flexibility index (Phi) is 14.5. The first-order valence-corrected chi connectivity index (χ1v) is 37.4. The van der Waals surface area contributed by atoms with E-state index in [0.29, 0.717) is 0 Å². The molecule has 3 aliphatic rings. The second kappa shape index (κ2) is 23.1. The molecule has 0 saturated heterocycles. The second-order valence-electron chi connectivity index (χ2n) is 35.0. The Bertz CT molecular complexity index is 5780. The molecule has 15 aromatic rings. The maximum atomic E-state index is 8.07. The van der Waals surface area contributed by atoms with Gasteiger partial charge in [0.05, 0.1) is 33.2 Å². The molecule has 0 fully saturated rings. The number of hydrogen-bond acceptors (Lipinski definition) is 2. The number of ether oxygens (including phenoxy) is 1. The molecule has 0 amide bonds. The third-order valence-corrected chi connectivity index (χ3v) is 23.2. The molecule has 2 aromatic heterocycles. The van der Waals surface area contributed by atoms with E-state index in [1.165, 1.54) is 105 Å². The van der Waals surface area contributed by atoms with Crippen molar-refractivity contribution in [3.8, 4) is 56.3 Å². The van der Waals surface area contributed by atoms with Crippen LogP contribution in [0.1, 0.15) is 154 Å². The summed E-state index contributed by atoms with van der Waals surface area (Å²) in [5, 5.41) is 5.02. The Balaban J connectivity index is 0.993. The van der Waals surface area contributed by atoms with Crippen LogP contribution in [0.5, 0.6) is 11.5 Å². The summed E-state index contributed by atoms with van der Waals surface area (Å²) in [7, 11) is 0. The minimum Gasteiger partial charge on any atom is -0.458 e. The summed E-state index contributed by atoms with van der Waals surface area (Å²) in [6, 6.07) is 105. The lowest BCUT2D eigenvalue weighted by atomic mass is 9.34. The maximum Gasteiger partial charge on any atom is 0.256 e. The summed E-state index contributed by atoms with van der Waals surface area (Å²) in [6.07, 6.45) is 0. The van der Waals surface area contributed by atoms with E-state index in [1.54, 1.807) is 0 Å². The van der Waals surface area contributed by atoms with Crippen molar-refractivity contribution >= 4 is 83.8 Å². The van der Waals surface area contributed by atoms with Crippen LogP contribution in [0.2, 0.25) is 0 Å². The summed E-state index contributed by atoms with van der Waals surface area (Å²) in [4.78, 5) is 2.70. The molecule has 0 atom stereocenters. The molecule has 1 aliphatic carbocycles. The molecular formula is C99H90BN3O. The minimum atomic E-state index is -0.781. The number of anilines is 3. The van der Waals surface area contributed by atoms with Crippen LogP contribution in [0.15, 0.2) is 273 Å². The van der Waals surface area contributed by atoms with Crippen LogP contribution in [0, 0.1) is 0 Å². The van der Waals surface area contributed by atoms with E-state index in [9.17, 15) is 0 Å². The van der Waals surface area contributed by atoms with Gasteiger partial charge in [-0.15, -0.1) is 0 Å². The zero-order valence-corrected chi connectivity index (χ0v) is 62.8. The molecule has 4 heterocycles. The largest absolute Gasteiger partial charge is 0.458 e. The van der Waals surface area contributed by atoms with E-state index in [4.69, 9.17) is 4.74 Å². The maximum absolute atomic E-state index is 8.07. The summed E-state index contributed by atoms with van der Waals surface area (Å²) in [5.41, 5.74) is 30.8. The molecule has 18 rings (SSSR count). The van der Waals surface area contributed by atoms with Crippen molar-refractivity contribution in [1.82, 2.24) is 9.13 Å². The first kappa shape index (κ1) is 65.2. The zero-order chi connectivity index (χ0) is 71.9. The quantitative estimate of drug-likeness (QED) is 0.148. The van der Waals surface area contributed by atoms with Crippen LogP contribution >= 0.6 is 0 Å². The Labute approximate surface area is 614 Å². The van der Waals surface area contributed by atoms with Gasteiger partial charge in [-0.25, -0.2) is 0 Å². The van der Waals surface area contributed by atoms with Gasteiger partial charge in [0.1, 0.15) is 11.5 Å². The van der Waals surface area contributed by atoms with Gasteiger partial charge in [-0.1, -0.05) is 280 Å². The predicted molar refractivity (Wildman–Crippen MR) is 443 cm³/mol. The van der Waals surface area contributed by atoms with Crippen molar-refractivity contribution in [2.75, 3.05) is 4.90 Å². The van der Waals surface area contributed by atoms with Gasteiger partial charge in [0.25, 0.3) is 6.71 Å². The first-order valence-electron chi connectivity index (χ1n) is 37.4. The molecule has 0 bridgehead atoms. The van der Waals surface area contributed by atoms with Crippen LogP contribution in [-0.4, -0.2) is 15.8 Å². The summed E-state index contributed by atoms with van der Waals surface area (Å²) in [5.74, 6) is 1.69. The van der Waals surface area contributed by atoms with E-state index < -0.39 is 5.41 Å². The van der Waals surface area contributed by atoms with E-state index >= 15 is 0 Å². The van der Waals surface area contributed by atoms with Crippen LogP contribution in [-0.2, 0) is 32.5 Å². The van der Waals surface area contributed by atoms with Crippen molar-refractivity contribution in [3.05, 3.63) is 323 Å². The van der Waals surface area contributed by atoms with E-state index in [0.717, 1.165) is 78.7 Å². The third-order valence-electron chi connectivity index (χ3n) is 23.2. The predicted octanol–water partition coefficient (Wildman–Crippen LogP) is 24.5. The molecule has 0 unspecified atom stereocenters. The summed E-state index contributed by atoms with van der Waals surface area (Å²) in [6.45, 7) is 34.7. The number of aromatic nitrogens is 2. The van der Waals surface area contributed by atoms with Crippen molar-refractivity contribution in [2.24, 2.45) is 0 Å². The highest BCUT2D eigenvalue weighted by Crippen LogP contribution is 2.59. The minimum absolute atomic E-state index is 0.0404. The van der Waals surface area contributed by atoms with Gasteiger partial charge in [0, 0.05) is 61.5 Å². The highest BCUT2D eigenvalue weighted by Gasteiger charge is 2.50. The third kappa shape index (κ3) is 10.1. The SMILES string of the molecule is CC(C)(C)c1cc(-c2ccccc2)c(N2c3cc(-n4c5ccc(C(C)(C)C)cc5c5cc(C(C)(C)C)ccc54)ccc3B3c4ccc(-n5c6ccc(C(C)(C)C)cc6c6cc(C(C)(C)C)ccc65)cc4Oc4cc(C5(c6ccccc6)c6ccccc6-c6ccccc65)cc2c43)c(-c2ccccc2)c1. The number of nitrogens with zero attached hydrogens (tertiary/aromatic N) is 3. The number of benzene rings is 13. The van der Waals surface area contributed by atoms with Gasteiger partial charge >= 0.3 is 0 Å². The van der Waals surface area contributed by atoms with Crippen LogP contribution in [0.4, 0.5) is 17.1 Å². The first-order chi connectivity index (χ1) is 49.7. The fourth-order valence-electron chi connectivity index (χ4n) is 17.6. The Morgan fingerprint density at radius 3 is 1.12 bits per heavy atom. The lowest BCUT2D eigenvalue weighted by Gasteiger charge is -2.43. The lowest BCUT2D eigenvalue weighted by Crippen LogP contribution is -2.59. The Morgan fingerprint density at radius 1 is 0.298 bits per heavy atom. The molecule has 0 spiro atoms. The van der Waals surface area contributed by atoms with E-state index in [2.05, 4.69) is 391 Å². The van der Waals surface area contributed by atoms with Crippen LogP contribution in [0.25, 0.3) is 88.4 Å². The van der Waals surface area contributed by atoms with Gasteiger partial charge in [-0.3, -0.25) is 0 Å². The van der Waals surface area contributed by atoms with Gasteiger partial charge < -0.3 is 18.8 Å². The topological polar surface area (TPSA) is 22.3 Å². The molecule has 510 valence electrons. The molecule has 4 nitrogen and oxygen atoms in total. The van der Waals surface area contributed by atoms with E-state index in [-0.39, 0.29) is 33.8 Å². The van der Waals surface area contributed by atoms with Gasteiger partial charge in [-0.2, -0.15) is 0 Å². The van der Waals surface area contributed by atoms with Crippen molar-refractivity contribution < 1.29 is 4.74 Å². The van der Waals surface area contributed by atoms with Gasteiger partial charge in [0.15, 0.2) is 0 Å². The molecule has 5 heteroatoms. The zero-order valence-electron chi connectivity index (χ0n) is 62.8. The molecule has 104 heavy (non-hydrogen) atoms. The monoisotopic (exact) mass is 1350 g/mol. The highest BCUT2D eigenvalue weighted by atomic mass is 16.5. The second-order valence-corrected chi connectivity index (χ2v) is 35.0. The van der Waals surface area contributed by atoms with Gasteiger partial charge in [0.2, 0.25) is 0 Å². The molecule has 0 saturated carbocycles.